The molecule has 0 heterocycles. The Bertz CT molecular complexity index is 482. The van der Waals surface area contributed by atoms with Gasteiger partial charge >= 0.3 is 5.97 Å². The summed E-state index contributed by atoms with van der Waals surface area (Å²) in [4.78, 5) is 25.1. The van der Waals surface area contributed by atoms with Gasteiger partial charge in [-0.05, 0) is 38.0 Å². The zero-order chi connectivity index (χ0) is 16.5. The van der Waals surface area contributed by atoms with E-state index in [0.717, 1.165) is 6.42 Å². The molecule has 5 heteroatoms. The van der Waals surface area contributed by atoms with E-state index in [2.05, 4.69) is 11.7 Å². The van der Waals surface area contributed by atoms with E-state index in [0.29, 0.717) is 12.3 Å². The van der Waals surface area contributed by atoms with Crippen LogP contribution >= 0.6 is 0 Å². The van der Waals surface area contributed by atoms with Gasteiger partial charge in [-0.25, -0.2) is 0 Å². The molecule has 0 saturated heterocycles. The van der Waals surface area contributed by atoms with Gasteiger partial charge in [-0.2, -0.15) is 0 Å². The van der Waals surface area contributed by atoms with Gasteiger partial charge in [0.05, 0.1) is 13.5 Å². The van der Waals surface area contributed by atoms with E-state index in [-0.39, 0.29) is 30.9 Å². The Labute approximate surface area is 132 Å². The number of amides is 1. The summed E-state index contributed by atoms with van der Waals surface area (Å²) < 4.78 is 10.1. The van der Waals surface area contributed by atoms with Gasteiger partial charge in [0.25, 0.3) is 5.91 Å². The molecule has 0 aliphatic rings. The van der Waals surface area contributed by atoms with Crippen LogP contribution in [0.2, 0.25) is 0 Å². The quantitative estimate of drug-likeness (QED) is 0.692. The number of esters is 1. The molecule has 22 heavy (non-hydrogen) atoms. The number of hydrogen-bond acceptors (Lipinski definition) is 4. The molecule has 5 nitrogen and oxygen atoms in total. The minimum atomic E-state index is -0.325. The monoisotopic (exact) mass is 307 g/mol. The summed E-state index contributed by atoms with van der Waals surface area (Å²) in [5.74, 6) is 0.204. The molecule has 1 aromatic carbocycles. The smallest absolute Gasteiger partial charge is 0.307 e. The maximum atomic E-state index is 12.2. The molecule has 0 fully saturated rings. The second-order valence-corrected chi connectivity index (χ2v) is 5.29. The largest absolute Gasteiger partial charge is 0.484 e. The van der Waals surface area contributed by atoms with E-state index in [1.807, 2.05) is 38.1 Å². The number of nitrogens with zero attached hydrogens (tertiary/aromatic N) is 1. The highest BCUT2D eigenvalue weighted by atomic mass is 16.5. The van der Waals surface area contributed by atoms with Crippen molar-refractivity contribution >= 4 is 11.9 Å². The second-order valence-electron chi connectivity index (χ2n) is 5.29. The lowest BCUT2D eigenvalue weighted by atomic mass is 10.2. The highest BCUT2D eigenvalue weighted by molar-refractivity contribution is 5.79. The molecule has 0 atom stereocenters. The fourth-order valence-corrected chi connectivity index (χ4v) is 2.03. The number of carbonyl (C=O) groups is 2. The Kier molecular flexibility index (Phi) is 7.43. The molecule has 0 saturated carbocycles. The summed E-state index contributed by atoms with van der Waals surface area (Å²) in [5.41, 5.74) is 1.22. The Morgan fingerprint density at radius 2 is 1.82 bits per heavy atom. The van der Waals surface area contributed by atoms with Gasteiger partial charge in [-0.15, -0.1) is 0 Å². The summed E-state index contributed by atoms with van der Waals surface area (Å²) in [6.45, 7) is 6.20. The molecule has 122 valence electrons. The van der Waals surface area contributed by atoms with Gasteiger partial charge in [0.1, 0.15) is 5.75 Å². The van der Waals surface area contributed by atoms with Crippen LogP contribution in [0.1, 0.15) is 32.8 Å². The molecule has 0 N–H and O–H groups in total. The van der Waals surface area contributed by atoms with Crippen molar-refractivity contribution in [3.63, 3.8) is 0 Å². The zero-order valence-electron chi connectivity index (χ0n) is 13.8. The number of rotatable bonds is 8. The summed E-state index contributed by atoms with van der Waals surface area (Å²) in [5, 5.41) is 0. The first-order valence-corrected chi connectivity index (χ1v) is 7.56. The van der Waals surface area contributed by atoms with Gasteiger partial charge in [0.2, 0.25) is 0 Å². The molecule has 1 aromatic rings. The maximum absolute atomic E-state index is 12.2. The van der Waals surface area contributed by atoms with E-state index in [1.54, 1.807) is 4.90 Å². The van der Waals surface area contributed by atoms with Gasteiger partial charge in [0.15, 0.2) is 6.61 Å². The maximum Gasteiger partial charge on any atom is 0.307 e. The highest BCUT2D eigenvalue weighted by Crippen LogP contribution is 2.13. The Hall–Kier alpha value is -2.04. The van der Waals surface area contributed by atoms with Crippen molar-refractivity contribution in [2.75, 3.05) is 20.3 Å². The van der Waals surface area contributed by atoms with Gasteiger partial charge in [-0.1, -0.05) is 19.1 Å². The van der Waals surface area contributed by atoms with Crippen LogP contribution in [0.25, 0.3) is 0 Å². The normalized spacial score (nSPS) is 10.4. The molecule has 0 radical (unpaired) electrons. The van der Waals surface area contributed by atoms with E-state index in [9.17, 15) is 9.59 Å². The number of benzene rings is 1. The molecular weight excluding hydrogens is 282 g/mol. The summed E-state index contributed by atoms with van der Waals surface area (Å²) >= 11 is 0. The van der Waals surface area contributed by atoms with E-state index in [4.69, 9.17) is 4.74 Å². The fourth-order valence-electron chi connectivity index (χ4n) is 2.03. The van der Waals surface area contributed by atoms with Crippen LogP contribution in [0.3, 0.4) is 0 Å². The van der Waals surface area contributed by atoms with E-state index >= 15 is 0 Å². The second kappa shape index (κ2) is 9.07. The number of hydrogen-bond donors (Lipinski definition) is 0. The predicted molar refractivity (Wildman–Crippen MR) is 84.8 cm³/mol. The first kappa shape index (κ1) is 18.0. The fraction of sp³-hybridized carbons (Fsp3) is 0.529. The Morgan fingerprint density at radius 1 is 1.18 bits per heavy atom. The minimum Gasteiger partial charge on any atom is -0.484 e. The highest BCUT2D eigenvalue weighted by Gasteiger charge is 2.18. The first-order valence-electron chi connectivity index (χ1n) is 7.56. The van der Waals surface area contributed by atoms with Crippen LogP contribution < -0.4 is 4.74 Å². The van der Waals surface area contributed by atoms with Gasteiger partial charge < -0.3 is 14.4 Å². The van der Waals surface area contributed by atoms with Crippen molar-refractivity contribution in [3.8, 4) is 5.75 Å². The lowest BCUT2D eigenvalue weighted by Crippen LogP contribution is -2.41. The van der Waals surface area contributed by atoms with Crippen LogP contribution in [0, 0.1) is 0 Å². The van der Waals surface area contributed by atoms with Crippen LogP contribution in [0.4, 0.5) is 0 Å². The Balaban J connectivity index is 2.53. The molecule has 0 spiro atoms. The molecule has 0 bridgehead atoms. The van der Waals surface area contributed by atoms with Gasteiger partial charge in [0, 0.05) is 12.6 Å². The lowest BCUT2D eigenvalue weighted by Gasteiger charge is -2.26. The summed E-state index contributed by atoms with van der Waals surface area (Å²) in [7, 11) is 1.34. The predicted octanol–water partition coefficient (Wildman–Crippen LogP) is 2.43. The van der Waals surface area contributed by atoms with Crippen LogP contribution in [0.15, 0.2) is 24.3 Å². The molecule has 0 aliphatic heterocycles. The van der Waals surface area contributed by atoms with Crippen molar-refractivity contribution in [2.45, 2.75) is 39.7 Å². The molecular formula is C17H25NO4. The molecule has 0 unspecified atom stereocenters. The third-order valence-corrected chi connectivity index (χ3v) is 3.42. The van der Waals surface area contributed by atoms with Gasteiger partial charge in [-0.3, -0.25) is 9.59 Å². The van der Waals surface area contributed by atoms with Crippen molar-refractivity contribution in [1.29, 1.82) is 0 Å². The van der Waals surface area contributed by atoms with Crippen LogP contribution in [-0.2, 0) is 20.7 Å². The number of ether oxygens (including phenoxy) is 2. The summed E-state index contributed by atoms with van der Waals surface area (Å²) in [6.07, 6.45) is 1.15. The van der Waals surface area contributed by atoms with E-state index < -0.39 is 0 Å². The summed E-state index contributed by atoms with van der Waals surface area (Å²) in [6, 6.07) is 7.69. The average molecular weight is 307 g/mol. The van der Waals surface area contributed by atoms with Crippen molar-refractivity contribution in [3.05, 3.63) is 29.8 Å². The average Bonchev–Trinajstić information content (AvgIpc) is 2.52. The van der Waals surface area contributed by atoms with Crippen molar-refractivity contribution < 1.29 is 19.1 Å². The van der Waals surface area contributed by atoms with Crippen LogP contribution in [0.5, 0.6) is 5.75 Å². The molecule has 1 amide bonds. The lowest BCUT2D eigenvalue weighted by molar-refractivity contribution is -0.142. The topological polar surface area (TPSA) is 55.8 Å². The minimum absolute atomic E-state index is 0.00298. The SMILES string of the molecule is CCc1ccc(OCC(=O)N(CCC(=O)OC)C(C)C)cc1. The van der Waals surface area contributed by atoms with Crippen molar-refractivity contribution in [1.82, 2.24) is 4.90 Å². The molecule has 0 aliphatic carbocycles. The number of carbonyl (C=O) groups excluding carboxylic acids is 2. The standard InChI is InChI=1S/C17H25NO4/c1-5-14-6-8-15(9-7-14)22-12-16(19)18(13(2)3)11-10-17(20)21-4/h6-9,13H,5,10-12H2,1-4H3. The third-order valence-electron chi connectivity index (χ3n) is 3.42. The zero-order valence-corrected chi connectivity index (χ0v) is 13.8. The molecule has 0 aromatic heterocycles. The Morgan fingerprint density at radius 3 is 2.32 bits per heavy atom. The molecule has 1 rings (SSSR count). The van der Waals surface area contributed by atoms with E-state index in [1.165, 1.54) is 12.7 Å². The first-order chi connectivity index (χ1) is 10.5. The number of methoxy groups -OCH3 is 1. The third kappa shape index (κ3) is 5.76. The van der Waals surface area contributed by atoms with Crippen molar-refractivity contribution in [2.24, 2.45) is 0 Å². The van der Waals surface area contributed by atoms with Crippen LogP contribution in [-0.4, -0.2) is 43.1 Å². The number of aryl methyl sites for hydroxylation is 1.